The van der Waals surface area contributed by atoms with Gasteiger partial charge in [-0.1, -0.05) is 6.92 Å². The van der Waals surface area contributed by atoms with Crippen LogP contribution in [0.2, 0.25) is 0 Å². The number of amides is 1. The third-order valence-electron chi connectivity index (χ3n) is 4.73. The Labute approximate surface area is 162 Å². The Bertz CT molecular complexity index is 979. The maximum absolute atomic E-state index is 14.1. The van der Waals surface area contributed by atoms with Crippen LogP contribution in [-0.2, 0) is 17.8 Å². The van der Waals surface area contributed by atoms with Crippen molar-refractivity contribution in [1.29, 1.82) is 0 Å². The number of hydrogen-bond acceptors (Lipinski definition) is 3. The molecule has 28 heavy (non-hydrogen) atoms. The van der Waals surface area contributed by atoms with Gasteiger partial charge in [0.2, 0.25) is 5.91 Å². The van der Waals surface area contributed by atoms with E-state index in [9.17, 15) is 13.6 Å². The van der Waals surface area contributed by atoms with Crippen LogP contribution in [0.25, 0.3) is 5.69 Å². The number of nitrogens with zero attached hydrogens (tertiary/aromatic N) is 4. The second kappa shape index (κ2) is 8.33. The first kappa shape index (κ1) is 19.7. The first-order chi connectivity index (χ1) is 13.4. The fourth-order valence-electron chi connectivity index (χ4n) is 3.21. The van der Waals surface area contributed by atoms with Crippen molar-refractivity contribution in [3.05, 3.63) is 65.5 Å². The molecule has 1 amide bonds. The van der Waals surface area contributed by atoms with Gasteiger partial charge >= 0.3 is 0 Å². The van der Waals surface area contributed by atoms with E-state index in [-0.39, 0.29) is 17.6 Å². The van der Waals surface area contributed by atoms with E-state index in [0.29, 0.717) is 18.7 Å². The molecule has 2 heterocycles. The summed E-state index contributed by atoms with van der Waals surface area (Å²) >= 11 is 0. The highest BCUT2D eigenvalue weighted by molar-refractivity contribution is 5.76. The van der Waals surface area contributed by atoms with Crippen molar-refractivity contribution >= 4 is 5.91 Å². The molecule has 1 aromatic carbocycles. The molecule has 2 aromatic heterocycles. The molecule has 0 saturated carbocycles. The third kappa shape index (κ3) is 4.11. The molecule has 0 spiro atoms. The summed E-state index contributed by atoms with van der Waals surface area (Å²) in [5.41, 5.74) is 1.62. The van der Waals surface area contributed by atoms with Gasteiger partial charge in [0.15, 0.2) is 5.82 Å². The minimum atomic E-state index is -0.693. The number of hydrogen-bond donors (Lipinski definition) is 1. The highest BCUT2D eigenvalue weighted by Gasteiger charge is 2.18. The van der Waals surface area contributed by atoms with E-state index in [0.717, 1.165) is 23.9 Å². The first-order valence-electron chi connectivity index (χ1n) is 9.20. The summed E-state index contributed by atoms with van der Waals surface area (Å²) in [5, 5.41) is 7.15. The molecule has 0 aliphatic carbocycles. The summed E-state index contributed by atoms with van der Waals surface area (Å²) in [4.78, 5) is 16.6. The Morgan fingerprint density at radius 2 is 2.11 bits per heavy atom. The highest BCUT2D eigenvalue weighted by atomic mass is 19.1. The normalized spacial score (nSPS) is 12.2. The van der Waals surface area contributed by atoms with Gasteiger partial charge in [-0.2, -0.15) is 5.10 Å². The average Bonchev–Trinajstić information content (AvgIpc) is 3.26. The van der Waals surface area contributed by atoms with Crippen LogP contribution in [0.1, 0.15) is 43.4 Å². The SMILES string of the molecule is CCc1nccn1CCC(=O)N[C@H](C)c1cnn(-c2ccc(F)cc2F)c1C. The fraction of sp³-hybridized carbons (Fsp3) is 0.350. The van der Waals surface area contributed by atoms with Crippen molar-refractivity contribution in [3.8, 4) is 5.69 Å². The molecular formula is C20H23F2N5O. The lowest BCUT2D eigenvalue weighted by molar-refractivity contribution is -0.121. The Morgan fingerprint density at radius 3 is 2.82 bits per heavy atom. The lowest BCUT2D eigenvalue weighted by Gasteiger charge is -2.15. The standard InChI is InChI=1S/C20H23F2N5O/c1-4-19-23-8-10-26(19)9-7-20(28)25-13(2)16-12-24-27(14(16)3)18-6-5-15(21)11-17(18)22/h5-6,8,10-13H,4,7,9H2,1-3H3,(H,25,28)/t13-/m1/s1. The van der Waals surface area contributed by atoms with Gasteiger partial charge in [-0.15, -0.1) is 0 Å². The number of nitrogens with one attached hydrogen (secondary N) is 1. The number of carbonyl (C=O) groups is 1. The van der Waals surface area contributed by atoms with Crippen molar-refractivity contribution < 1.29 is 13.6 Å². The number of imidazole rings is 1. The van der Waals surface area contributed by atoms with Crippen LogP contribution in [0.3, 0.4) is 0 Å². The number of rotatable bonds is 7. The van der Waals surface area contributed by atoms with Crippen molar-refractivity contribution in [2.45, 2.75) is 46.2 Å². The van der Waals surface area contributed by atoms with Crippen LogP contribution in [-0.4, -0.2) is 25.2 Å². The summed E-state index contributed by atoms with van der Waals surface area (Å²) in [6, 6.07) is 3.06. The fourth-order valence-corrected chi connectivity index (χ4v) is 3.21. The number of aryl methyl sites for hydroxylation is 2. The minimum absolute atomic E-state index is 0.0941. The Morgan fingerprint density at radius 1 is 1.32 bits per heavy atom. The summed E-state index contributed by atoms with van der Waals surface area (Å²) in [5.74, 6) is -0.486. The van der Waals surface area contributed by atoms with E-state index >= 15 is 0 Å². The molecule has 0 fully saturated rings. The Hall–Kier alpha value is -3.03. The second-order valence-electron chi connectivity index (χ2n) is 6.62. The molecule has 8 heteroatoms. The third-order valence-corrected chi connectivity index (χ3v) is 4.73. The molecule has 0 saturated heterocycles. The predicted octanol–water partition coefficient (Wildman–Crippen LogP) is 3.49. The van der Waals surface area contributed by atoms with Crippen LogP contribution < -0.4 is 5.32 Å². The van der Waals surface area contributed by atoms with Crippen molar-refractivity contribution in [2.24, 2.45) is 0 Å². The molecule has 1 atom stereocenters. The minimum Gasteiger partial charge on any atom is -0.349 e. The molecule has 148 valence electrons. The van der Waals surface area contributed by atoms with Gasteiger partial charge in [-0.05, 0) is 26.0 Å². The predicted molar refractivity (Wildman–Crippen MR) is 101 cm³/mol. The number of carbonyl (C=O) groups excluding carboxylic acids is 1. The van der Waals surface area contributed by atoms with Crippen molar-refractivity contribution in [2.75, 3.05) is 0 Å². The van der Waals surface area contributed by atoms with E-state index in [4.69, 9.17) is 0 Å². The summed E-state index contributed by atoms with van der Waals surface area (Å²) in [6.07, 6.45) is 6.32. The van der Waals surface area contributed by atoms with E-state index < -0.39 is 11.6 Å². The van der Waals surface area contributed by atoms with Crippen LogP contribution in [0.4, 0.5) is 8.78 Å². The summed E-state index contributed by atoms with van der Waals surface area (Å²) in [7, 11) is 0. The molecule has 0 aliphatic heterocycles. The molecular weight excluding hydrogens is 364 g/mol. The second-order valence-corrected chi connectivity index (χ2v) is 6.62. The van der Waals surface area contributed by atoms with Gasteiger partial charge < -0.3 is 9.88 Å². The van der Waals surface area contributed by atoms with E-state index in [1.165, 1.54) is 16.8 Å². The molecule has 1 N–H and O–H groups in total. The van der Waals surface area contributed by atoms with Gasteiger partial charge in [0.1, 0.15) is 17.3 Å². The van der Waals surface area contributed by atoms with Gasteiger partial charge in [-0.3, -0.25) is 4.79 Å². The molecule has 0 bridgehead atoms. The van der Waals surface area contributed by atoms with E-state index in [1.807, 2.05) is 24.6 Å². The van der Waals surface area contributed by atoms with Crippen molar-refractivity contribution in [3.63, 3.8) is 0 Å². The van der Waals surface area contributed by atoms with Gasteiger partial charge in [0.25, 0.3) is 0 Å². The number of benzene rings is 1. The topological polar surface area (TPSA) is 64.7 Å². The van der Waals surface area contributed by atoms with Crippen molar-refractivity contribution in [1.82, 2.24) is 24.6 Å². The smallest absolute Gasteiger partial charge is 0.222 e. The molecule has 6 nitrogen and oxygen atoms in total. The van der Waals surface area contributed by atoms with Crippen LogP contribution in [0.15, 0.2) is 36.8 Å². The lowest BCUT2D eigenvalue weighted by atomic mass is 10.1. The van der Waals surface area contributed by atoms with Gasteiger partial charge in [-0.25, -0.2) is 18.4 Å². The number of halogens is 2. The zero-order valence-electron chi connectivity index (χ0n) is 16.1. The molecule has 0 aliphatic rings. The first-order valence-corrected chi connectivity index (χ1v) is 9.20. The highest BCUT2D eigenvalue weighted by Crippen LogP contribution is 2.22. The number of aromatic nitrogens is 4. The van der Waals surface area contributed by atoms with E-state index in [1.54, 1.807) is 19.3 Å². The van der Waals surface area contributed by atoms with Crippen LogP contribution >= 0.6 is 0 Å². The molecule has 3 aromatic rings. The largest absolute Gasteiger partial charge is 0.349 e. The van der Waals surface area contributed by atoms with E-state index in [2.05, 4.69) is 15.4 Å². The van der Waals surface area contributed by atoms with Crippen LogP contribution in [0, 0.1) is 18.6 Å². The Kier molecular flexibility index (Phi) is 5.87. The monoisotopic (exact) mass is 387 g/mol. The zero-order valence-corrected chi connectivity index (χ0v) is 16.1. The maximum atomic E-state index is 14.1. The van der Waals surface area contributed by atoms with Gasteiger partial charge in [0, 0.05) is 49.1 Å². The summed E-state index contributed by atoms with van der Waals surface area (Å²) in [6.45, 7) is 6.21. The molecule has 0 radical (unpaired) electrons. The lowest BCUT2D eigenvalue weighted by Crippen LogP contribution is -2.27. The Balaban J connectivity index is 1.67. The molecule has 0 unspecified atom stereocenters. The maximum Gasteiger partial charge on any atom is 0.222 e. The average molecular weight is 387 g/mol. The van der Waals surface area contributed by atoms with Gasteiger partial charge in [0.05, 0.1) is 12.2 Å². The zero-order chi connectivity index (χ0) is 20.3. The van der Waals surface area contributed by atoms with Crippen LogP contribution in [0.5, 0.6) is 0 Å². The summed E-state index contributed by atoms with van der Waals surface area (Å²) < 4.78 is 30.6. The quantitative estimate of drug-likeness (QED) is 0.675. The molecule has 3 rings (SSSR count).